The summed E-state index contributed by atoms with van der Waals surface area (Å²) in [5.74, 6) is -0.109. The van der Waals surface area contributed by atoms with Crippen molar-refractivity contribution < 1.29 is 32.3 Å². The molecule has 0 radical (unpaired) electrons. The maximum atomic E-state index is 12.5. The highest BCUT2D eigenvalue weighted by Crippen LogP contribution is 2.23. The Kier molecular flexibility index (Phi) is 8.00. The maximum absolute atomic E-state index is 12.5. The van der Waals surface area contributed by atoms with Crippen molar-refractivity contribution in [3.63, 3.8) is 0 Å². The molecule has 178 valence electrons. The fraction of sp³-hybridized carbons (Fsp3) is 0.167. The molecule has 0 heterocycles. The van der Waals surface area contributed by atoms with E-state index in [9.17, 15) is 18.0 Å². The lowest BCUT2D eigenvalue weighted by molar-refractivity contribution is -0.123. The van der Waals surface area contributed by atoms with Gasteiger partial charge in [0, 0.05) is 12.7 Å². The summed E-state index contributed by atoms with van der Waals surface area (Å²) in [6, 6.07) is 21.2. The third-order valence-electron chi connectivity index (χ3n) is 4.72. The van der Waals surface area contributed by atoms with Gasteiger partial charge in [-0.25, -0.2) is 13.2 Å². The number of hydrogen-bond acceptors (Lipinski definition) is 7. The van der Waals surface area contributed by atoms with Gasteiger partial charge >= 0.3 is 5.97 Å². The SMILES string of the molecule is CON(C)S(=O)(=O)c1cccc(C(=O)OC(C)C(=O)Nc2ccc(Oc3ccccc3)cc2)c1. The predicted molar refractivity (Wildman–Crippen MR) is 125 cm³/mol. The van der Waals surface area contributed by atoms with E-state index >= 15 is 0 Å². The zero-order chi connectivity index (χ0) is 24.7. The van der Waals surface area contributed by atoms with Crippen molar-refractivity contribution in [1.29, 1.82) is 0 Å². The molecule has 0 bridgehead atoms. The Balaban J connectivity index is 1.60. The van der Waals surface area contributed by atoms with Crippen LogP contribution in [0.5, 0.6) is 11.5 Å². The molecule has 0 aliphatic carbocycles. The average molecular weight is 485 g/mol. The summed E-state index contributed by atoms with van der Waals surface area (Å²) in [6.45, 7) is 1.42. The topological polar surface area (TPSA) is 111 Å². The summed E-state index contributed by atoms with van der Waals surface area (Å²) in [4.78, 5) is 29.5. The average Bonchev–Trinajstić information content (AvgIpc) is 2.85. The minimum Gasteiger partial charge on any atom is -0.457 e. The number of hydroxylamine groups is 1. The Labute approximate surface area is 197 Å². The van der Waals surface area contributed by atoms with Crippen molar-refractivity contribution in [2.45, 2.75) is 17.9 Å². The highest BCUT2D eigenvalue weighted by Gasteiger charge is 2.24. The molecule has 0 aromatic heterocycles. The number of amides is 1. The summed E-state index contributed by atoms with van der Waals surface area (Å²) in [5, 5.41) is 2.66. The number of sulfonamides is 1. The second-order valence-corrected chi connectivity index (χ2v) is 9.04. The number of esters is 1. The number of benzene rings is 3. The van der Waals surface area contributed by atoms with E-state index in [1.165, 1.54) is 39.3 Å². The van der Waals surface area contributed by atoms with Crippen LogP contribution in [0.25, 0.3) is 0 Å². The van der Waals surface area contributed by atoms with Gasteiger partial charge in [0.05, 0.1) is 17.6 Å². The van der Waals surface area contributed by atoms with Gasteiger partial charge < -0.3 is 14.8 Å². The highest BCUT2D eigenvalue weighted by molar-refractivity contribution is 7.89. The monoisotopic (exact) mass is 484 g/mol. The molecule has 0 aliphatic heterocycles. The summed E-state index contributed by atoms with van der Waals surface area (Å²) in [5.41, 5.74) is 0.469. The molecule has 3 aromatic rings. The molecule has 1 N–H and O–H groups in total. The van der Waals surface area contributed by atoms with E-state index in [1.807, 2.05) is 30.3 Å². The number of para-hydroxylation sites is 1. The lowest BCUT2D eigenvalue weighted by Crippen LogP contribution is -2.30. The molecule has 1 unspecified atom stereocenters. The number of nitrogens with zero attached hydrogens (tertiary/aromatic N) is 1. The van der Waals surface area contributed by atoms with E-state index in [4.69, 9.17) is 14.3 Å². The third-order valence-corrected chi connectivity index (χ3v) is 6.39. The van der Waals surface area contributed by atoms with Gasteiger partial charge in [0.2, 0.25) is 0 Å². The van der Waals surface area contributed by atoms with E-state index in [2.05, 4.69) is 5.32 Å². The number of carbonyl (C=O) groups excluding carboxylic acids is 2. The van der Waals surface area contributed by atoms with Crippen LogP contribution < -0.4 is 10.1 Å². The second kappa shape index (κ2) is 10.9. The Hall–Kier alpha value is -3.73. The van der Waals surface area contributed by atoms with Crippen molar-refractivity contribution in [3.05, 3.63) is 84.4 Å². The molecule has 9 nitrogen and oxygen atoms in total. The fourth-order valence-corrected chi connectivity index (χ4v) is 3.81. The quantitative estimate of drug-likeness (QED) is 0.363. The van der Waals surface area contributed by atoms with Gasteiger partial charge in [-0.2, -0.15) is 0 Å². The van der Waals surface area contributed by atoms with Gasteiger partial charge in [0.25, 0.3) is 15.9 Å². The number of rotatable bonds is 9. The first-order valence-electron chi connectivity index (χ1n) is 10.2. The second-order valence-electron chi connectivity index (χ2n) is 7.10. The van der Waals surface area contributed by atoms with Gasteiger partial charge in [-0.1, -0.05) is 28.7 Å². The smallest absolute Gasteiger partial charge is 0.338 e. The van der Waals surface area contributed by atoms with Crippen molar-refractivity contribution in [1.82, 2.24) is 4.47 Å². The molecular weight excluding hydrogens is 460 g/mol. The van der Waals surface area contributed by atoms with Crippen LogP contribution in [-0.2, 0) is 24.4 Å². The number of anilines is 1. The minimum atomic E-state index is -3.94. The highest BCUT2D eigenvalue weighted by atomic mass is 32.2. The molecule has 3 rings (SSSR count). The lowest BCUT2D eigenvalue weighted by Gasteiger charge is -2.16. The van der Waals surface area contributed by atoms with Crippen molar-refractivity contribution in [2.24, 2.45) is 0 Å². The molecule has 3 aromatic carbocycles. The van der Waals surface area contributed by atoms with Gasteiger partial charge in [0.15, 0.2) is 6.10 Å². The van der Waals surface area contributed by atoms with Crippen LogP contribution in [0.1, 0.15) is 17.3 Å². The standard InChI is InChI=1S/C24H24N2O7S/c1-17(32-24(28)18-8-7-11-22(16-18)34(29,30)26(2)31-3)23(27)25-19-12-14-21(15-13-19)33-20-9-5-4-6-10-20/h4-17H,1-3H3,(H,25,27). The molecule has 1 atom stereocenters. The number of hydrogen-bond donors (Lipinski definition) is 1. The van der Waals surface area contributed by atoms with E-state index in [-0.39, 0.29) is 10.5 Å². The number of nitrogens with one attached hydrogen (secondary N) is 1. The fourth-order valence-electron chi connectivity index (χ4n) is 2.79. The lowest BCUT2D eigenvalue weighted by atomic mass is 10.2. The zero-order valence-electron chi connectivity index (χ0n) is 18.8. The number of carbonyl (C=O) groups is 2. The van der Waals surface area contributed by atoms with Crippen LogP contribution in [-0.4, -0.2) is 45.0 Å². The van der Waals surface area contributed by atoms with Crippen LogP contribution >= 0.6 is 0 Å². The summed E-state index contributed by atoms with van der Waals surface area (Å²) in [7, 11) is -1.50. The molecule has 34 heavy (non-hydrogen) atoms. The largest absolute Gasteiger partial charge is 0.457 e. The van der Waals surface area contributed by atoms with Crippen LogP contribution in [0.15, 0.2) is 83.8 Å². The van der Waals surface area contributed by atoms with Crippen LogP contribution in [0.3, 0.4) is 0 Å². The van der Waals surface area contributed by atoms with Crippen molar-refractivity contribution >= 4 is 27.6 Å². The first-order chi connectivity index (χ1) is 16.2. The first kappa shape index (κ1) is 24.9. The summed E-state index contributed by atoms with van der Waals surface area (Å²) in [6.07, 6.45) is -1.13. The number of ether oxygens (including phenoxy) is 2. The molecular formula is C24H24N2O7S. The molecule has 0 aliphatic rings. The summed E-state index contributed by atoms with van der Waals surface area (Å²) >= 11 is 0. The molecule has 0 fully saturated rings. The van der Waals surface area contributed by atoms with Gasteiger partial charge in [0.1, 0.15) is 11.5 Å². The minimum absolute atomic E-state index is 0.0207. The Morgan fingerprint density at radius 3 is 2.21 bits per heavy atom. The Morgan fingerprint density at radius 2 is 1.56 bits per heavy atom. The van der Waals surface area contributed by atoms with Gasteiger partial charge in [-0.15, -0.1) is 0 Å². The molecule has 0 spiro atoms. The normalized spacial score (nSPS) is 12.1. The maximum Gasteiger partial charge on any atom is 0.338 e. The van der Waals surface area contributed by atoms with E-state index in [0.29, 0.717) is 21.7 Å². The predicted octanol–water partition coefficient (Wildman–Crippen LogP) is 3.84. The van der Waals surface area contributed by atoms with Gasteiger partial charge in [-0.05, 0) is 61.5 Å². The van der Waals surface area contributed by atoms with E-state index in [1.54, 1.807) is 24.3 Å². The summed E-state index contributed by atoms with van der Waals surface area (Å²) < 4.78 is 36.3. The zero-order valence-corrected chi connectivity index (χ0v) is 19.6. The third kappa shape index (κ3) is 6.19. The Morgan fingerprint density at radius 1 is 0.912 bits per heavy atom. The molecule has 0 saturated carbocycles. The van der Waals surface area contributed by atoms with Crippen LogP contribution in [0.4, 0.5) is 5.69 Å². The van der Waals surface area contributed by atoms with Crippen molar-refractivity contribution in [2.75, 3.05) is 19.5 Å². The van der Waals surface area contributed by atoms with E-state index < -0.39 is 28.0 Å². The molecule has 0 saturated heterocycles. The van der Waals surface area contributed by atoms with E-state index in [0.717, 1.165) is 6.07 Å². The van der Waals surface area contributed by atoms with Crippen LogP contribution in [0.2, 0.25) is 0 Å². The van der Waals surface area contributed by atoms with Gasteiger partial charge in [-0.3, -0.25) is 9.63 Å². The van der Waals surface area contributed by atoms with Crippen molar-refractivity contribution in [3.8, 4) is 11.5 Å². The Bertz CT molecular complexity index is 1250. The first-order valence-corrected chi connectivity index (χ1v) is 11.6. The molecule has 1 amide bonds. The van der Waals surface area contributed by atoms with Crippen LogP contribution in [0, 0.1) is 0 Å². The molecule has 10 heteroatoms.